The van der Waals surface area contributed by atoms with E-state index in [0.29, 0.717) is 25.9 Å². The minimum atomic E-state index is -0.267. The number of benzene rings is 1. The highest BCUT2D eigenvalue weighted by atomic mass is 19.1. The number of unbranched alkanes of at least 4 members (excludes halogenated alkanes) is 1. The molecule has 1 aromatic carbocycles. The maximum absolute atomic E-state index is 12.9. The highest BCUT2D eigenvalue weighted by Gasteiger charge is 2.31. The molecule has 1 aliphatic carbocycles. The van der Waals surface area contributed by atoms with Gasteiger partial charge in [-0.15, -0.1) is 0 Å². The first-order valence-corrected chi connectivity index (χ1v) is 12.6. The number of fused-ring (bicyclic) bond motifs is 3. The fraction of sp³-hybridized carbons (Fsp3) is 0.630. The van der Waals surface area contributed by atoms with Crippen LogP contribution in [-0.2, 0) is 29.4 Å². The quantitative estimate of drug-likeness (QED) is 0.466. The predicted molar refractivity (Wildman–Crippen MR) is 134 cm³/mol. The van der Waals surface area contributed by atoms with Crippen molar-refractivity contribution in [1.82, 2.24) is 14.8 Å². The minimum absolute atomic E-state index is 0.0344. The van der Waals surface area contributed by atoms with Crippen molar-refractivity contribution in [2.75, 3.05) is 47.1 Å². The van der Waals surface area contributed by atoms with Crippen molar-refractivity contribution >= 4 is 23.1 Å². The van der Waals surface area contributed by atoms with E-state index in [1.54, 1.807) is 11.9 Å². The first kappa shape index (κ1) is 26.4. The Labute approximate surface area is 202 Å². The average Bonchev–Trinajstić information content (AvgIpc) is 3.16. The van der Waals surface area contributed by atoms with Crippen LogP contribution in [0.4, 0.5) is 4.39 Å². The number of aldehydes is 1. The molecule has 0 unspecified atom stereocenters. The van der Waals surface area contributed by atoms with Crippen LogP contribution in [0.2, 0.25) is 0 Å². The third-order valence-corrected chi connectivity index (χ3v) is 7.34. The van der Waals surface area contributed by atoms with Gasteiger partial charge in [-0.3, -0.25) is 4.79 Å². The van der Waals surface area contributed by atoms with Gasteiger partial charge in [0.25, 0.3) is 5.91 Å². The van der Waals surface area contributed by atoms with Gasteiger partial charge in [0.05, 0.1) is 0 Å². The highest BCUT2D eigenvalue weighted by molar-refractivity contribution is 5.99. The molecule has 1 amide bonds. The van der Waals surface area contributed by atoms with E-state index in [1.165, 1.54) is 41.4 Å². The molecule has 2 heterocycles. The summed E-state index contributed by atoms with van der Waals surface area (Å²) in [6, 6.07) is 6.14. The first-order chi connectivity index (χ1) is 16.5. The van der Waals surface area contributed by atoms with E-state index in [-0.39, 0.29) is 12.6 Å². The van der Waals surface area contributed by atoms with Crippen LogP contribution in [0.3, 0.4) is 0 Å². The van der Waals surface area contributed by atoms with Crippen molar-refractivity contribution in [3.63, 3.8) is 0 Å². The number of nitrogens with zero attached hydrogens (tertiary/aromatic N) is 2. The van der Waals surface area contributed by atoms with Crippen molar-refractivity contribution in [2.24, 2.45) is 18.9 Å². The van der Waals surface area contributed by atoms with Gasteiger partial charge in [0.1, 0.15) is 13.0 Å². The van der Waals surface area contributed by atoms with Crippen LogP contribution < -0.4 is 5.32 Å². The standard InChI is InChI=1S/C24H32N2O3.C3H8FN/c1-25(11-3-4-12-27)24(28)19-6-8-23-21(16-19)20-15-18(5-7-22(20)26(23)2)17-9-13-29-14-10-17;1-5-3-2-4/h6,8,12,16-18H,3-5,7,9-11,13-15H2,1-2H3;5H,2-3H2,1H3/t18-;/m1./s1. The third-order valence-electron chi connectivity index (χ3n) is 7.34. The van der Waals surface area contributed by atoms with Gasteiger partial charge in [-0.1, -0.05) is 0 Å². The Morgan fingerprint density at radius 2 is 2.03 bits per heavy atom. The molecule has 0 spiro atoms. The molecular weight excluding hydrogens is 433 g/mol. The van der Waals surface area contributed by atoms with Gasteiger partial charge in [0, 0.05) is 69.0 Å². The Morgan fingerprint density at radius 3 is 2.68 bits per heavy atom. The summed E-state index contributed by atoms with van der Waals surface area (Å²) in [5.41, 5.74) is 4.85. The number of ether oxygens (including phenoxy) is 1. The van der Waals surface area contributed by atoms with Gasteiger partial charge in [-0.25, -0.2) is 4.39 Å². The number of alkyl halides is 1. The van der Waals surface area contributed by atoms with Crippen LogP contribution in [0.1, 0.15) is 53.7 Å². The van der Waals surface area contributed by atoms with Crippen molar-refractivity contribution < 1.29 is 18.7 Å². The summed E-state index contributed by atoms with van der Waals surface area (Å²) in [6.07, 6.45) is 7.97. The summed E-state index contributed by atoms with van der Waals surface area (Å²) in [5.74, 6) is 1.52. The van der Waals surface area contributed by atoms with Crippen LogP contribution in [0, 0.1) is 11.8 Å². The molecule has 0 saturated carbocycles. The second-order valence-electron chi connectivity index (χ2n) is 9.50. The number of halogens is 1. The fourth-order valence-electron chi connectivity index (χ4n) is 5.36. The number of amides is 1. The minimum Gasteiger partial charge on any atom is -0.381 e. The molecule has 4 rings (SSSR count). The van der Waals surface area contributed by atoms with Gasteiger partial charge < -0.3 is 24.3 Å². The zero-order valence-corrected chi connectivity index (χ0v) is 20.9. The molecule has 1 N–H and O–H groups in total. The van der Waals surface area contributed by atoms with Crippen LogP contribution in [-0.4, -0.2) is 68.7 Å². The van der Waals surface area contributed by atoms with Crippen LogP contribution >= 0.6 is 0 Å². The normalized spacial score (nSPS) is 18.2. The Morgan fingerprint density at radius 1 is 1.26 bits per heavy atom. The summed E-state index contributed by atoms with van der Waals surface area (Å²) in [4.78, 5) is 25.2. The van der Waals surface area contributed by atoms with Gasteiger partial charge in [-0.05, 0) is 81.2 Å². The van der Waals surface area contributed by atoms with Crippen LogP contribution in [0.15, 0.2) is 18.2 Å². The first-order valence-electron chi connectivity index (χ1n) is 12.6. The molecule has 34 heavy (non-hydrogen) atoms. The maximum atomic E-state index is 12.9. The number of hydrogen-bond donors (Lipinski definition) is 1. The van der Waals surface area contributed by atoms with E-state index in [0.717, 1.165) is 49.7 Å². The van der Waals surface area contributed by atoms with Crippen molar-refractivity contribution in [2.45, 2.75) is 44.9 Å². The summed E-state index contributed by atoms with van der Waals surface area (Å²) < 4.78 is 18.8. The zero-order chi connectivity index (χ0) is 24.5. The molecule has 1 fully saturated rings. The predicted octanol–water partition coefficient (Wildman–Crippen LogP) is 3.94. The van der Waals surface area contributed by atoms with Crippen molar-refractivity contribution in [3.8, 4) is 0 Å². The molecule has 188 valence electrons. The molecule has 1 aliphatic heterocycles. The smallest absolute Gasteiger partial charge is 0.253 e. The highest BCUT2D eigenvalue weighted by Crippen LogP contribution is 2.39. The lowest BCUT2D eigenvalue weighted by Crippen LogP contribution is -2.28. The molecule has 6 nitrogen and oxygen atoms in total. The Kier molecular flexibility index (Phi) is 10.1. The monoisotopic (exact) mass is 473 g/mol. The third kappa shape index (κ3) is 6.25. The zero-order valence-electron chi connectivity index (χ0n) is 20.9. The Hall–Kier alpha value is -2.25. The topological polar surface area (TPSA) is 63.6 Å². The van der Waals surface area contributed by atoms with E-state index < -0.39 is 0 Å². The van der Waals surface area contributed by atoms with Gasteiger partial charge in [-0.2, -0.15) is 0 Å². The molecule has 0 bridgehead atoms. The average molecular weight is 474 g/mol. The molecule has 7 heteroatoms. The summed E-state index contributed by atoms with van der Waals surface area (Å²) in [5, 5.41) is 3.88. The number of carbonyl (C=O) groups is 2. The number of aryl methyl sites for hydroxylation is 1. The number of hydrogen-bond acceptors (Lipinski definition) is 4. The molecule has 2 aliphatic rings. The molecule has 1 saturated heterocycles. The summed E-state index contributed by atoms with van der Waals surface area (Å²) in [6.45, 7) is 2.61. The maximum Gasteiger partial charge on any atom is 0.253 e. The van der Waals surface area contributed by atoms with E-state index in [2.05, 4.69) is 29.1 Å². The largest absolute Gasteiger partial charge is 0.381 e. The lowest BCUT2D eigenvalue weighted by atomic mass is 9.75. The van der Waals surface area contributed by atoms with E-state index in [4.69, 9.17) is 4.74 Å². The van der Waals surface area contributed by atoms with Crippen molar-refractivity contribution in [1.29, 1.82) is 0 Å². The molecule has 1 aromatic heterocycles. The molecule has 2 aromatic rings. The van der Waals surface area contributed by atoms with Gasteiger partial charge >= 0.3 is 0 Å². The number of carbonyl (C=O) groups excluding carboxylic acids is 2. The summed E-state index contributed by atoms with van der Waals surface area (Å²) in [7, 11) is 5.70. The number of rotatable bonds is 8. The summed E-state index contributed by atoms with van der Waals surface area (Å²) >= 11 is 0. The second-order valence-corrected chi connectivity index (χ2v) is 9.50. The van der Waals surface area contributed by atoms with Crippen molar-refractivity contribution in [3.05, 3.63) is 35.0 Å². The molecular formula is C27H40FN3O3. The Balaban J connectivity index is 0.000000588. The second kappa shape index (κ2) is 13.0. The SMILES string of the molecule is CN(CCCC=O)C(=O)c1ccc2c(c1)c1c(n2C)CC[C@@H](C2CCOCC2)C1.CNCCF. The van der Waals surface area contributed by atoms with Crippen LogP contribution in [0.25, 0.3) is 10.9 Å². The van der Waals surface area contributed by atoms with Gasteiger partial charge in [0.2, 0.25) is 0 Å². The van der Waals surface area contributed by atoms with E-state index >= 15 is 0 Å². The van der Waals surface area contributed by atoms with Gasteiger partial charge in [0.15, 0.2) is 0 Å². The number of nitrogens with one attached hydrogen (secondary N) is 1. The van der Waals surface area contributed by atoms with E-state index in [9.17, 15) is 14.0 Å². The van der Waals surface area contributed by atoms with Crippen LogP contribution in [0.5, 0.6) is 0 Å². The lowest BCUT2D eigenvalue weighted by molar-refractivity contribution is -0.108. The van der Waals surface area contributed by atoms with E-state index in [1.807, 2.05) is 13.1 Å². The molecule has 1 atom stereocenters. The number of aromatic nitrogens is 1. The molecule has 0 radical (unpaired) electrons. The fourth-order valence-corrected chi connectivity index (χ4v) is 5.36. The Bertz CT molecular complexity index is 950. The lowest BCUT2D eigenvalue weighted by Gasteiger charge is -2.33.